The molecule has 0 saturated heterocycles. The summed E-state index contributed by atoms with van der Waals surface area (Å²) in [6.07, 6.45) is 2.21. The molecule has 2 aromatic carbocycles. The Kier molecular flexibility index (Phi) is 5.03. The fourth-order valence-electron chi connectivity index (χ4n) is 3.53. The van der Waals surface area contributed by atoms with E-state index in [4.69, 9.17) is 11.6 Å². The first-order chi connectivity index (χ1) is 13.6. The zero-order valence-electron chi connectivity index (χ0n) is 15.1. The molecule has 0 unspecified atom stereocenters. The first-order valence-corrected chi connectivity index (χ1v) is 9.45. The van der Waals surface area contributed by atoms with Crippen LogP contribution in [0.2, 0.25) is 5.02 Å². The van der Waals surface area contributed by atoms with E-state index in [0.717, 1.165) is 22.2 Å². The number of aliphatic hydroxyl groups excluding tert-OH is 1. The summed E-state index contributed by atoms with van der Waals surface area (Å²) in [5.41, 5.74) is 2.99. The van der Waals surface area contributed by atoms with Gasteiger partial charge in [0.15, 0.2) is 5.43 Å². The van der Waals surface area contributed by atoms with Crippen molar-refractivity contribution in [3.8, 4) is 0 Å². The number of benzene rings is 2. The van der Waals surface area contributed by atoms with Crippen molar-refractivity contribution in [1.29, 1.82) is 0 Å². The molecule has 1 amide bonds. The number of aromatic nitrogens is 1. The smallest absolute Gasteiger partial charge is 0.224 e. The second kappa shape index (κ2) is 7.62. The molecule has 0 spiro atoms. The molecule has 0 fully saturated rings. The zero-order valence-corrected chi connectivity index (χ0v) is 15.9. The van der Waals surface area contributed by atoms with E-state index >= 15 is 0 Å². The third kappa shape index (κ3) is 3.46. The lowest BCUT2D eigenvalue weighted by atomic mass is 10.1. The van der Waals surface area contributed by atoms with Crippen LogP contribution < -0.4 is 10.7 Å². The Morgan fingerprint density at radius 2 is 1.93 bits per heavy atom. The van der Waals surface area contributed by atoms with Gasteiger partial charge in [0.25, 0.3) is 0 Å². The molecule has 2 heterocycles. The minimum Gasteiger partial charge on any atom is -0.396 e. The molecule has 4 aromatic rings. The Hall–Kier alpha value is -2.89. The number of nitrogens with one attached hydrogen (secondary N) is 1. The molecule has 28 heavy (non-hydrogen) atoms. The number of carbonyl (C=O) groups is 1. The average molecular weight is 395 g/mol. The minimum atomic E-state index is -0.221. The van der Waals surface area contributed by atoms with Gasteiger partial charge in [0.05, 0.1) is 11.9 Å². The largest absolute Gasteiger partial charge is 0.396 e. The Morgan fingerprint density at radius 1 is 1.14 bits per heavy atom. The van der Waals surface area contributed by atoms with E-state index < -0.39 is 0 Å². The van der Waals surface area contributed by atoms with Crippen molar-refractivity contribution < 1.29 is 9.90 Å². The van der Waals surface area contributed by atoms with E-state index in [1.54, 1.807) is 24.4 Å². The van der Waals surface area contributed by atoms with Crippen LogP contribution in [0.5, 0.6) is 0 Å². The summed E-state index contributed by atoms with van der Waals surface area (Å²) in [6.45, 7) is 0.391. The van der Waals surface area contributed by atoms with Crippen LogP contribution in [0.1, 0.15) is 16.8 Å². The summed E-state index contributed by atoms with van der Waals surface area (Å²) < 4.78 is 1.92. The van der Waals surface area contributed by atoms with Crippen LogP contribution in [0.4, 0.5) is 0 Å². The molecule has 142 valence electrons. The summed E-state index contributed by atoms with van der Waals surface area (Å²) in [5.74, 6) is -0.221. The van der Waals surface area contributed by atoms with Gasteiger partial charge in [-0.05, 0) is 29.8 Å². The molecule has 0 saturated carbocycles. The second-order valence-electron chi connectivity index (χ2n) is 6.79. The standard InChI is InChI=1S/C22H19ClN2O3/c23-17-6-4-14(5-7-17)12-24-20(27)11-16-13-25-18(8-9-26)10-15-2-1-3-19(21(15)25)22(16)28/h1-7,10,13,26H,8-9,11-12H2,(H,24,27). The molecular formula is C22H19ClN2O3. The first kappa shape index (κ1) is 18.5. The van der Waals surface area contributed by atoms with Crippen LogP contribution in [0.25, 0.3) is 16.3 Å². The molecule has 0 aliphatic heterocycles. The third-order valence-corrected chi connectivity index (χ3v) is 5.13. The summed E-state index contributed by atoms with van der Waals surface area (Å²) in [5, 5.41) is 14.4. The normalized spacial score (nSPS) is 11.4. The maximum absolute atomic E-state index is 12.9. The van der Waals surface area contributed by atoms with Gasteiger partial charge in [-0.2, -0.15) is 0 Å². The van der Waals surface area contributed by atoms with Gasteiger partial charge in [0, 0.05) is 52.8 Å². The van der Waals surface area contributed by atoms with Crippen molar-refractivity contribution in [1.82, 2.24) is 9.72 Å². The Balaban J connectivity index is 1.62. The van der Waals surface area contributed by atoms with Gasteiger partial charge >= 0.3 is 0 Å². The Morgan fingerprint density at radius 3 is 2.68 bits per heavy atom. The van der Waals surface area contributed by atoms with Crippen molar-refractivity contribution >= 4 is 33.8 Å². The highest BCUT2D eigenvalue weighted by atomic mass is 35.5. The van der Waals surface area contributed by atoms with E-state index in [1.165, 1.54) is 0 Å². The summed E-state index contributed by atoms with van der Waals surface area (Å²) in [6, 6.07) is 14.8. The van der Waals surface area contributed by atoms with Crippen LogP contribution in [0.15, 0.2) is 59.5 Å². The number of aliphatic hydroxyl groups is 1. The van der Waals surface area contributed by atoms with Gasteiger partial charge in [-0.3, -0.25) is 9.59 Å². The van der Waals surface area contributed by atoms with Gasteiger partial charge in [-0.1, -0.05) is 35.9 Å². The van der Waals surface area contributed by atoms with Gasteiger partial charge in [0.2, 0.25) is 5.91 Å². The number of halogens is 1. The molecule has 0 radical (unpaired) electrons. The van der Waals surface area contributed by atoms with E-state index in [9.17, 15) is 14.7 Å². The van der Waals surface area contributed by atoms with Crippen molar-refractivity contribution in [2.24, 2.45) is 0 Å². The van der Waals surface area contributed by atoms with E-state index in [-0.39, 0.29) is 24.4 Å². The van der Waals surface area contributed by atoms with Gasteiger partial charge in [-0.15, -0.1) is 0 Å². The zero-order chi connectivity index (χ0) is 19.7. The van der Waals surface area contributed by atoms with Crippen LogP contribution in [-0.4, -0.2) is 22.0 Å². The molecule has 2 N–H and O–H groups in total. The van der Waals surface area contributed by atoms with Gasteiger partial charge < -0.3 is 14.8 Å². The molecule has 4 rings (SSSR count). The SMILES string of the molecule is O=C(Cc1cn2c(CCO)cc3cccc(c1=O)c32)NCc1ccc(Cl)cc1. The molecule has 0 aliphatic carbocycles. The highest BCUT2D eigenvalue weighted by molar-refractivity contribution is 6.30. The number of carbonyl (C=O) groups excluding carboxylic acids is 1. The lowest BCUT2D eigenvalue weighted by Crippen LogP contribution is -2.27. The highest BCUT2D eigenvalue weighted by Gasteiger charge is 2.15. The van der Waals surface area contributed by atoms with Crippen LogP contribution in [0, 0.1) is 0 Å². The Bertz CT molecular complexity index is 1200. The lowest BCUT2D eigenvalue weighted by Gasteiger charge is -2.09. The van der Waals surface area contributed by atoms with E-state index in [1.807, 2.05) is 34.7 Å². The predicted molar refractivity (Wildman–Crippen MR) is 110 cm³/mol. The number of hydrogen-bond donors (Lipinski definition) is 2. The number of rotatable bonds is 6. The summed E-state index contributed by atoms with van der Waals surface area (Å²) >= 11 is 5.87. The number of para-hydroxylation sites is 1. The number of amides is 1. The van der Waals surface area contributed by atoms with Crippen LogP contribution >= 0.6 is 11.6 Å². The first-order valence-electron chi connectivity index (χ1n) is 9.07. The van der Waals surface area contributed by atoms with Gasteiger partial charge in [0.1, 0.15) is 0 Å². The fraction of sp³-hybridized carbons (Fsp3) is 0.182. The van der Waals surface area contributed by atoms with E-state index in [2.05, 4.69) is 5.32 Å². The molecule has 0 bridgehead atoms. The lowest BCUT2D eigenvalue weighted by molar-refractivity contribution is -0.120. The molecule has 5 nitrogen and oxygen atoms in total. The average Bonchev–Trinajstić information content (AvgIpc) is 3.04. The van der Waals surface area contributed by atoms with Crippen molar-refractivity contribution in [3.63, 3.8) is 0 Å². The van der Waals surface area contributed by atoms with E-state index in [0.29, 0.717) is 28.9 Å². The predicted octanol–water partition coefficient (Wildman–Crippen LogP) is 2.94. The monoisotopic (exact) mass is 394 g/mol. The molecule has 0 atom stereocenters. The maximum atomic E-state index is 12.9. The fourth-order valence-corrected chi connectivity index (χ4v) is 3.65. The third-order valence-electron chi connectivity index (χ3n) is 4.88. The van der Waals surface area contributed by atoms with Crippen molar-refractivity contribution in [3.05, 3.63) is 86.8 Å². The summed E-state index contributed by atoms with van der Waals surface area (Å²) in [7, 11) is 0. The number of nitrogens with zero attached hydrogens (tertiary/aromatic N) is 1. The molecular weight excluding hydrogens is 376 g/mol. The number of hydrogen-bond acceptors (Lipinski definition) is 3. The van der Waals surface area contributed by atoms with Crippen molar-refractivity contribution in [2.75, 3.05) is 6.61 Å². The minimum absolute atomic E-state index is 0.000996. The molecule has 0 aliphatic rings. The molecule has 6 heteroatoms. The quantitative estimate of drug-likeness (QED) is 0.528. The molecule has 2 aromatic heterocycles. The highest BCUT2D eigenvalue weighted by Crippen LogP contribution is 2.24. The topological polar surface area (TPSA) is 70.8 Å². The summed E-state index contributed by atoms with van der Waals surface area (Å²) in [4.78, 5) is 25.3. The van der Waals surface area contributed by atoms with Gasteiger partial charge in [-0.25, -0.2) is 0 Å². The second-order valence-corrected chi connectivity index (χ2v) is 7.22. The maximum Gasteiger partial charge on any atom is 0.224 e. The van der Waals surface area contributed by atoms with Crippen molar-refractivity contribution in [2.45, 2.75) is 19.4 Å². The number of pyridine rings is 1. The van der Waals surface area contributed by atoms with Crippen LogP contribution in [0.3, 0.4) is 0 Å². The Labute approximate surface area is 166 Å². The van der Waals surface area contributed by atoms with Crippen LogP contribution in [-0.2, 0) is 24.2 Å².